The monoisotopic (exact) mass is 359 g/mol. The summed E-state index contributed by atoms with van der Waals surface area (Å²) in [6.45, 7) is 3.42. The molecule has 1 aliphatic heterocycles. The summed E-state index contributed by atoms with van der Waals surface area (Å²) >= 11 is 0. The molecule has 1 saturated heterocycles. The smallest absolute Gasteiger partial charge is 0.264 e. The Hall–Kier alpha value is -1.69. The standard InChI is InChI=1S/C20H25NO3S/c1-3-8-16-9-7-12-18(13-16)20(17-10-5-4-6-11-17)21-14-19(15-21)24-25(2,22)23/h4-7,9-13,19-20H,3,8,14-15H2,1-2H3. The SMILES string of the molecule is CCCc1cccc(C(c2ccccc2)N2CC(OS(C)(=O)=O)C2)c1. The lowest BCUT2D eigenvalue weighted by molar-refractivity contribution is 0.00474. The quantitative estimate of drug-likeness (QED) is 0.711. The maximum atomic E-state index is 11.3. The summed E-state index contributed by atoms with van der Waals surface area (Å²) in [6, 6.07) is 19.2. The van der Waals surface area contributed by atoms with Crippen LogP contribution in [0.15, 0.2) is 54.6 Å². The molecule has 5 heteroatoms. The highest BCUT2D eigenvalue weighted by Crippen LogP contribution is 2.33. The lowest BCUT2D eigenvalue weighted by Crippen LogP contribution is -2.54. The van der Waals surface area contributed by atoms with Gasteiger partial charge in [-0.3, -0.25) is 9.08 Å². The van der Waals surface area contributed by atoms with Crippen LogP contribution < -0.4 is 0 Å². The van der Waals surface area contributed by atoms with Gasteiger partial charge in [0.25, 0.3) is 10.1 Å². The summed E-state index contributed by atoms with van der Waals surface area (Å²) in [4.78, 5) is 2.27. The van der Waals surface area contributed by atoms with Gasteiger partial charge in [0.1, 0.15) is 6.10 Å². The Bertz CT molecular complexity index is 799. The molecule has 3 rings (SSSR count). The third-order valence-electron chi connectivity index (χ3n) is 4.47. The van der Waals surface area contributed by atoms with E-state index in [0.717, 1.165) is 19.1 Å². The fourth-order valence-electron chi connectivity index (χ4n) is 3.45. The van der Waals surface area contributed by atoms with E-state index in [0.29, 0.717) is 13.1 Å². The Morgan fingerprint density at radius 2 is 1.76 bits per heavy atom. The number of hydrogen-bond donors (Lipinski definition) is 0. The Morgan fingerprint density at radius 3 is 2.40 bits per heavy atom. The van der Waals surface area contributed by atoms with Gasteiger partial charge in [-0.15, -0.1) is 0 Å². The van der Waals surface area contributed by atoms with Crippen molar-refractivity contribution < 1.29 is 12.6 Å². The molecule has 0 amide bonds. The summed E-state index contributed by atoms with van der Waals surface area (Å²) in [5.41, 5.74) is 3.80. The molecule has 134 valence electrons. The molecular weight excluding hydrogens is 334 g/mol. The average Bonchev–Trinajstić information content (AvgIpc) is 2.53. The summed E-state index contributed by atoms with van der Waals surface area (Å²) in [5.74, 6) is 0. The van der Waals surface area contributed by atoms with Gasteiger partial charge in [-0.1, -0.05) is 67.9 Å². The minimum atomic E-state index is -3.40. The number of hydrogen-bond acceptors (Lipinski definition) is 4. The molecule has 4 nitrogen and oxygen atoms in total. The van der Waals surface area contributed by atoms with Crippen LogP contribution in [-0.2, 0) is 20.7 Å². The van der Waals surface area contributed by atoms with E-state index in [2.05, 4.69) is 48.2 Å². The third kappa shape index (κ3) is 4.69. The van der Waals surface area contributed by atoms with E-state index in [4.69, 9.17) is 4.18 Å². The van der Waals surface area contributed by atoms with Gasteiger partial charge < -0.3 is 0 Å². The van der Waals surface area contributed by atoms with E-state index in [-0.39, 0.29) is 12.1 Å². The van der Waals surface area contributed by atoms with Gasteiger partial charge >= 0.3 is 0 Å². The molecule has 1 heterocycles. The zero-order valence-corrected chi connectivity index (χ0v) is 15.6. The number of likely N-dealkylation sites (tertiary alicyclic amines) is 1. The highest BCUT2D eigenvalue weighted by Gasteiger charge is 2.36. The lowest BCUT2D eigenvalue weighted by Gasteiger charge is -2.43. The van der Waals surface area contributed by atoms with Gasteiger partial charge in [0, 0.05) is 13.1 Å². The predicted molar refractivity (Wildman–Crippen MR) is 100 cm³/mol. The van der Waals surface area contributed by atoms with Gasteiger partial charge in [0.2, 0.25) is 0 Å². The van der Waals surface area contributed by atoms with Gasteiger partial charge in [-0.25, -0.2) is 0 Å². The van der Waals surface area contributed by atoms with Crippen LogP contribution in [0.1, 0.15) is 36.1 Å². The molecule has 0 aliphatic carbocycles. The summed E-state index contributed by atoms with van der Waals surface area (Å²) < 4.78 is 27.8. The van der Waals surface area contributed by atoms with E-state index in [1.54, 1.807) is 0 Å². The molecule has 1 fully saturated rings. The number of rotatable bonds is 7. The second-order valence-electron chi connectivity index (χ2n) is 6.68. The van der Waals surface area contributed by atoms with Crippen molar-refractivity contribution in [3.05, 3.63) is 71.3 Å². The van der Waals surface area contributed by atoms with E-state index in [9.17, 15) is 8.42 Å². The minimum Gasteiger partial charge on any atom is -0.287 e. The van der Waals surface area contributed by atoms with Crippen molar-refractivity contribution >= 4 is 10.1 Å². The van der Waals surface area contributed by atoms with Crippen molar-refractivity contribution in [1.29, 1.82) is 0 Å². The zero-order chi connectivity index (χ0) is 17.9. The number of aryl methyl sites for hydroxylation is 1. The third-order valence-corrected chi connectivity index (χ3v) is 5.09. The molecule has 0 N–H and O–H groups in total. The summed E-state index contributed by atoms with van der Waals surface area (Å²) in [6.07, 6.45) is 3.04. The second-order valence-corrected chi connectivity index (χ2v) is 8.29. The van der Waals surface area contributed by atoms with Gasteiger partial charge in [0.15, 0.2) is 0 Å². The average molecular weight is 359 g/mol. The van der Waals surface area contributed by atoms with Crippen LogP contribution in [-0.4, -0.2) is 38.8 Å². The minimum absolute atomic E-state index is 0.123. The molecule has 25 heavy (non-hydrogen) atoms. The molecule has 1 unspecified atom stereocenters. The molecule has 2 aromatic carbocycles. The lowest BCUT2D eigenvalue weighted by atomic mass is 9.92. The summed E-state index contributed by atoms with van der Waals surface area (Å²) in [5, 5.41) is 0. The van der Waals surface area contributed by atoms with Gasteiger partial charge in [0.05, 0.1) is 12.3 Å². The van der Waals surface area contributed by atoms with Crippen LogP contribution in [0.2, 0.25) is 0 Å². The maximum Gasteiger partial charge on any atom is 0.264 e. The van der Waals surface area contributed by atoms with E-state index in [1.807, 2.05) is 18.2 Å². The first-order valence-corrected chi connectivity index (χ1v) is 10.5. The number of nitrogens with zero attached hydrogens (tertiary/aromatic N) is 1. The molecule has 1 aliphatic rings. The molecule has 0 saturated carbocycles. The molecule has 0 radical (unpaired) electrons. The molecule has 0 bridgehead atoms. The molecule has 0 aromatic heterocycles. The van der Waals surface area contributed by atoms with Crippen LogP contribution in [0, 0.1) is 0 Å². The highest BCUT2D eigenvalue weighted by atomic mass is 32.2. The Labute approximate surface area is 150 Å². The fourth-order valence-corrected chi connectivity index (χ4v) is 4.06. The largest absolute Gasteiger partial charge is 0.287 e. The molecule has 1 atom stereocenters. The molecular formula is C20H25NO3S. The first-order valence-electron chi connectivity index (χ1n) is 8.72. The Balaban J connectivity index is 1.84. The normalized spacial score (nSPS) is 17.2. The van der Waals surface area contributed by atoms with E-state index in [1.165, 1.54) is 16.7 Å². The fraction of sp³-hybridized carbons (Fsp3) is 0.400. The first kappa shape index (κ1) is 18.1. The van der Waals surface area contributed by atoms with Gasteiger partial charge in [-0.2, -0.15) is 8.42 Å². The van der Waals surface area contributed by atoms with E-state index < -0.39 is 10.1 Å². The van der Waals surface area contributed by atoms with Gasteiger partial charge in [-0.05, 0) is 23.1 Å². The van der Waals surface area contributed by atoms with Crippen LogP contribution in [0.3, 0.4) is 0 Å². The highest BCUT2D eigenvalue weighted by molar-refractivity contribution is 7.86. The van der Waals surface area contributed by atoms with Crippen molar-refractivity contribution in [2.45, 2.75) is 31.9 Å². The second kappa shape index (κ2) is 7.68. The number of benzene rings is 2. The van der Waals surface area contributed by atoms with Crippen molar-refractivity contribution in [3.63, 3.8) is 0 Å². The van der Waals surface area contributed by atoms with Crippen LogP contribution in [0.5, 0.6) is 0 Å². The van der Waals surface area contributed by atoms with Crippen LogP contribution >= 0.6 is 0 Å². The predicted octanol–water partition coefficient (Wildman–Crippen LogP) is 3.39. The topological polar surface area (TPSA) is 46.6 Å². The first-order chi connectivity index (χ1) is 12.0. The van der Waals surface area contributed by atoms with Crippen molar-refractivity contribution in [1.82, 2.24) is 4.90 Å². The Kier molecular flexibility index (Phi) is 5.57. The van der Waals surface area contributed by atoms with Crippen molar-refractivity contribution in [2.24, 2.45) is 0 Å². The maximum absolute atomic E-state index is 11.3. The molecule has 0 spiro atoms. The molecule has 2 aromatic rings. The zero-order valence-electron chi connectivity index (χ0n) is 14.8. The van der Waals surface area contributed by atoms with E-state index >= 15 is 0 Å². The van der Waals surface area contributed by atoms with Crippen LogP contribution in [0.4, 0.5) is 0 Å². The van der Waals surface area contributed by atoms with Crippen molar-refractivity contribution in [3.8, 4) is 0 Å². The van der Waals surface area contributed by atoms with Crippen LogP contribution in [0.25, 0.3) is 0 Å². The Morgan fingerprint density at radius 1 is 1.08 bits per heavy atom. The summed E-state index contributed by atoms with van der Waals surface area (Å²) in [7, 11) is -3.40. The van der Waals surface area contributed by atoms with Crippen molar-refractivity contribution in [2.75, 3.05) is 19.3 Å².